The number of esters is 1. The minimum absolute atomic E-state index is 0.184. The van der Waals surface area contributed by atoms with Crippen LogP contribution in [0.4, 0.5) is 0 Å². The lowest BCUT2D eigenvalue weighted by molar-refractivity contribution is -0.136. The van der Waals surface area contributed by atoms with Crippen molar-refractivity contribution in [2.24, 2.45) is 0 Å². The molecule has 0 unspecified atom stereocenters. The predicted molar refractivity (Wildman–Crippen MR) is 69.5 cm³/mol. The normalized spacial score (nSPS) is 30.4. The number of hydrogen-bond donors (Lipinski definition) is 1. The number of nitrogens with one attached hydrogen (secondary N) is 1. The van der Waals surface area contributed by atoms with Crippen LogP contribution in [0.25, 0.3) is 0 Å². The van der Waals surface area contributed by atoms with Crippen molar-refractivity contribution >= 4 is 17.6 Å². The molecule has 1 N–H and O–H groups in total. The highest BCUT2D eigenvalue weighted by molar-refractivity contribution is 6.32. The van der Waals surface area contributed by atoms with Gasteiger partial charge in [0.2, 0.25) is 0 Å². The molecule has 102 valence electrons. The molecule has 2 aliphatic rings. The van der Waals surface area contributed by atoms with Crippen LogP contribution in [-0.2, 0) is 14.3 Å². The summed E-state index contributed by atoms with van der Waals surface area (Å²) in [5.41, 5.74) is 0.557. The Morgan fingerprint density at radius 2 is 2.17 bits per heavy atom. The largest absolute Gasteiger partial charge is 0.466 e. The average Bonchev–Trinajstić information content (AvgIpc) is 3.15. The third kappa shape index (κ3) is 2.56. The molecule has 1 aliphatic heterocycles. The first-order valence-corrected chi connectivity index (χ1v) is 6.88. The molecule has 0 aromatic carbocycles. The Labute approximate surface area is 113 Å². The van der Waals surface area contributed by atoms with Crippen molar-refractivity contribution in [1.82, 2.24) is 5.32 Å². The molecular formula is C13H20ClNO3. The van der Waals surface area contributed by atoms with Crippen LogP contribution in [0.2, 0.25) is 0 Å². The van der Waals surface area contributed by atoms with E-state index in [-0.39, 0.29) is 24.2 Å². The van der Waals surface area contributed by atoms with Crippen molar-refractivity contribution in [1.29, 1.82) is 0 Å². The van der Waals surface area contributed by atoms with Crippen LogP contribution in [-0.4, -0.2) is 37.4 Å². The number of carbonyl (C=O) groups is 1. The molecule has 5 heteroatoms. The standard InChI is InChI=1S/C13H20ClNO3/c1-4-7(5-2)18-12-10(14)8(13(16)17-3)6-9-11(12)15-9/h7,9,11-12,15H,4-6H2,1-3H3/t9-,11-,12-/m1/s1. The van der Waals surface area contributed by atoms with E-state index in [1.54, 1.807) is 0 Å². The van der Waals surface area contributed by atoms with E-state index in [1.807, 2.05) is 0 Å². The number of hydrogen-bond acceptors (Lipinski definition) is 4. The van der Waals surface area contributed by atoms with Gasteiger partial charge in [0.05, 0.1) is 29.9 Å². The lowest BCUT2D eigenvalue weighted by Gasteiger charge is -2.26. The summed E-state index contributed by atoms with van der Waals surface area (Å²) in [6, 6.07) is 0.562. The fraction of sp³-hybridized carbons (Fsp3) is 0.769. The van der Waals surface area contributed by atoms with Gasteiger partial charge < -0.3 is 14.8 Å². The first-order chi connectivity index (χ1) is 8.62. The van der Waals surface area contributed by atoms with Crippen molar-refractivity contribution in [2.45, 2.75) is 57.4 Å². The third-order valence-corrected chi connectivity index (χ3v) is 4.14. The molecule has 1 saturated heterocycles. The molecule has 0 amide bonds. The molecule has 2 rings (SSSR count). The summed E-state index contributed by atoms with van der Waals surface area (Å²) >= 11 is 6.32. The molecule has 0 saturated carbocycles. The summed E-state index contributed by atoms with van der Waals surface area (Å²) in [5.74, 6) is -0.342. The summed E-state index contributed by atoms with van der Waals surface area (Å²) < 4.78 is 10.8. The van der Waals surface area contributed by atoms with Gasteiger partial charge in [-0.05, 0) is 19.3 Å². The average molecular weight is 274 g/mol. The van der Waals surface area contributed by atoms with Crippen LogP contribution in [0.15, 0.2) is 10.6 Å². The van der Waals surface area contributed by atoms with Crippen LogP contribution in [0.1, 0.15) is 33.1 Å². The second-order valence-corrected chi connectivity index (χ2v) is 5.22. The summed E-state index contributed by atoms with van der Waals surface area (Å²) in [6.07, 6.45) is 2.51. The Morgan fingerprint density at radius 3 is 2.72 bits per heavy atom. The van der Waals surface area contributed by atoms with E-state index in [9.17, 15) is 4.79 Å². The molecule has 0 radical (unpaired) electrons. The van der Waals surface area contributed by atoms with Gasteiger partial charge in [-0.2, -0.15) is 0 Å². The first-order valence-electron chi connectivity index (χ1n) is 6.50. The highest BCUT2D eigenvalue weighted by Crippen LogP contribution is 2.39. The predicted octanol–water partition coefficient (Wildman–Crippen LogP) is 1.97. The van der Waals surface area contributed by atoms with E-state index in [0.29, 0.717) is 23.1 Å². The molecule has 0 spiro atoms. The zero-order chi connectivity index (χ0) is 13.3. The number of methoxy groups -OCH3 is 1. The van der Waals surface area contributed by atoms with Crippen LogP contribution < -0.4 is 5.32 Å². The van der Waals surface area contributed by atoms with Gasteiger partial charge in [-0.1, -0.05) is 25.4 Å². The van der Waals surface area contributed by atoms with Gasteiger partial charge in [0.1, 0.15) is 6.10 Å². The number of rotatable bonds is 5. The molecule has 18 heavy (non-hydrogen) atoms. The number of carbonyl (C=O) groups excluding carboxylic acids is 1. The zero-order valence-corrected chi connectivity index (χ0v) is 11.8. The van der Waals surface area contributed by atoms with Crippen molar-refractivity contribution in [2.75, 3.05) is 7.11 Å². The van der Waals surface area contributed by atoms with Crippen LogP contribution in [0, 0.1) is 0 Å². The van der Waals surface area contributed by atoms with Crippen LogP contribution >= 0.6 is 11.6 Å². The Hall–Kier alpha value is -0.580. The van der Waals surface area contributed by atoms with Crippen molar-refractivity contribution in [3.63, 3.8) is 0 Å². The van der Waals surface area contributed by atoms with Gasteiger partial charge in [0, 0.05) is 6.04 Å². The molecular weight excluding hydrogens is 254 g/mol. The number of fused-ring (bicyclic) bond motifs is 1. The van der Waals surface area contributed by atoms with Crippen molar-refractivity contribution in [3.05, 3.63) is 10.6 Å². The molecule has 1 aliphatic carbocycles. The Bertz CT molecular complexity index is 365. The highest BCUT2D eigenvalue weighted by atomic mass is 35.5. The molecule has 1 fully saturated rings. The van der Waals surface area contributed by atoms with E-state index in [0.717, 1.165) is 12.8 Å². The maximum absolute atomic E-state index is 11.7. The van der Waals surface area contributed by atoms with Crippen LogP contribution in [0.3, 0.4) is 0 Å². The molecule has 3 atom stereocenters. The van der Waals surface area contributed by atoms with Crippen molar-refractivity contribution in [3.8, 4) is 0 Å². The summed E-state index contributed by atoms with van der Waals surface area (Å²) in [5, 5.41) is 3.83. The minimum Gasteiger partial charge on any atom is -0.466 e. The quantitative estimate of drug-likeness (QED) is 0.615. The second kappa shape index (κ2) is 5.59. The molecule has 0 aromatic rings. The minimum atomic E-state index is -0.342. The van der Waals surface area contributed by atoms with Gasteiger partial charge >= 0.3 is 5.97 Å². The number of halogens is 1. The second-order valence-electron chi connectivity index (χ2n) is 4.82. The lowest BCUT2D eigenvalue weighted by atomic mass is 9.96. The Balaban J connectivity index is 2.15. The maximum atomic E-state index is 11.7. The molecule has 0 aromatic heterocycles. The lowest BCUT2D eigenvalue weighted by Crippen LogP contribution is -2.33. The zero-order valence-electron chi connectivity index (χ0n) is 11.0. The Kier molecular flexibility index (Phi) is 4.30. The van der Waals surface area contributed by atoms with E-state index in [4.69, 9.17) is 21.1 Å². The van der Waals surface area contributed by atoms with E-state index < -0.39 is 0 Å². The van der Waals surface area contributed by atoms with Gasteiger partial charge in [0.25, 0.3) is 0 Å². The fourth-order valence-corrected chi connectivity index (χ4v) is 2.80. The monoisotopic (exact) mass is 273 g/mol. The van der Waals surface area contributed by atoms with Gasteiger partial charge in [-0.15, -0.1) is 0 Å². The SMILES string of the molecule is CCC(CC)O[C@@H]1C(Cl)=C(C(=O)OC)C[C@H]2N[C@@H]12. The molecule has 4 nitrogen and oxygen atoms in total. The molecule has 0 bridgehead atoms. The van der Waals surface area contributed by atoms with Gasteiger partial charge in [-0.3, -0.25) is 0 Å². The third-order valence-electron chi connectivity index (χ3n) is 3.70. The highest BCUT2D eigenvalue weighted by Gasteiger charge is 2.50. The summed E-state index contributed by atoms with van der Waals surface area (Å²) in [4.78, 5) is 11.7. The Morgan fingerprint density at radius 1 is 1.50 bits per heavy atom. The van der Waals surface area contributed by atoms with E-state index in [1.165, 1.54) is 7.11 Å². The molecule has 1 heterocycles. The van der Waals surface area contributed by atoms with E-state index in [2.05, 4.69) is 19.2 Å². The van der Waals surface area contributed by atoms with E-state index >= 15 is 0 Å². The van der Waals surface area contributed by atoms with Gasteiger partial charge in [0.15, 0.2) is 0 Å². The summed E-state index contributed by atoms with van der Waals surface area (Å²) in [6.45, 7) is 4.18. The fourth-order valence-electron chi connectivity index (χ4n) is 2.46. The smallest absolute Gasteiger partial charge is 0.335 e. The topological polar surface area (TPSA) is 57.5 Å². The first kappa shape index (κ1) is 13.8. The number of ether oxygens (including phenoxy) is 2. The maximum Gasteiger partial charge on any atom is 0.335 e. The van der Waals surface area contributed by atoms with Gasteiger partial charge in [-0.25, -0.2) is 4.79 Å². The van der Waals surface area contributed by atoms with Crippen molar-refractivity contribution < 1.29 is 14.3 Å². The van der Waals surface area contributed by atoms with Crippen LogP contribution in [0.5, 0.6) is 0 Å². The summed E-state index contributed by atoms with van der Waals surface area (Å²) in [7, 11) is 1.38.